The molecule has 4 heteroatoms. The summed E-state index contributed by atoms with van der Waals surface area (Å²) in [6.45, 7) is 9.09. The molecule has 1 amide bonds. The van der Waals surface area contributed by atoms with Gasteiger partial charge in [-0.1, -0.05) is 37.6 Å². The Morgan fingerprint density at radius 1 is 1.30 bits per heavy atom. The Bertz CT molecular complexity index is 519. The molecule has 0 aromatic heterocycles. The van der Waals surface area contributed by atoms with Gasteiger partial charge in [0.25, 0.3) is 0 Å². The summed E-state index contributed by atoms with van der Waals surface area (Å²) in [5.74, 6) is 0.310. The number of likely N-dealkylation sites (tertiary alicyclic amines) is 1. The maximum atomic E-state index is 12.2. The quantitative estimate of drug-likeness (QED) is 0.924. The van der Waals surface area contributed by atoms with E-state index in [9.17, 15) is 4.79 Å². The van der Waals surface area contributed by atoms with E-state index in [1.165, 1.54) is 11.1 Å². The Balaban J connectivity index is 1.97. The minimum atomic E-state index is -0.465. The predicted molar refractivity (Wildman–Crippen MR) is 93.6 cm³/mol. The van der Waals surface area contributed by atoms with Crippen LogP contribution in [0, 0.1) is 0 Å². The van der Waals surface area contributed by atoms with Gasteiger partial charge in [-0.05, 0) is 44.7 Å². The van der Waals surface area contributed by atoms with Crippen LogP contribution in [0.4, 0.5) is 4.79 Å². The second-order valence-electron chi connectivity index (χ2n) is 7.48. The zero-order valence-electron chi connectivity index (χ0n) is 14.8. The number of carbonyl (C=O) groups is 1. The maximum Gasteiger partial charge on any atom is 0.410 e. The van der Waals surface area contributed by atoms with Gasteiger partial charge in [-0.15, -0.1) is 0 Å². The van der Waals surface area contributed by atoms with Crippen LogP contribution < -0.4 is 5.73 Å². The molecule has 23 heavy (non-hydrogen) atoms. The number of piperidine rings is 1. The highest BCUT2D eigenvalue weighted by atomic mass is 16.6. The average molecular weight is 318 g/mol. The summed E-state index contributed by atoms with van der Waals surface area (Å²) >= 11 is 0. The number of nitrogens with zero attached hydrogens (tertiary/aromatic N) is 1. The van der Waals surface area contributed by atoms with Gasteiger partial charge in [0.05, 0.1) is 0 Å². The Morgan fingerprint density at radius 3 is 2.48 bits per heavy atom. The Hall–Kier alpha value is -1.55. The molecule has 1 aromatic carbocycles. The van der Waals surface area contributed by atoms with E-state index in [-0.39, 0.29) is 12.1 Å². The third-order valence-corrected chi connectivity index (χ3v) is 4.26. The molecule has 0 bridgehead atoms. The lowest BCUT2D eigenvalue weighted by atomic mass is 9.85. The zero-order valence-corrected chi connectivity index (χ0v) is 14.8. The normalized spacial score (nSPS) is 22.0. The smallest absolute Gasteiger partial charge is 0.410 e. The first kappa shape index (κ1) is 17.8. The summed E-state index contributed by atoms with van der Waals surface area (Å²) in [6, 6.07) is 8.74. The molecule has 0 radical (unpaired) electrons. The van der Waals surface area contributed by atoms with E-state index in [2.05, 4.69) is 31.2 Å². The molecule has 0 unspecified atom stereocenters. The van der Waals surface area contributed by atoms with Crippen LogP contribution in [0.15, 0.2) is 24.3 Å². The van der Waals surface area contributed by atoms with Crippen molar-refractivity contribution in [2.75, 3.05) is 13.1 Å². The third-order valence-electron chi connectivity index (χ3n) is 4.26. The molecular formula is C19H30N2O2. The van der Waals surface area contributed by atoms with E-state index in [4.69, 9.17) is 10.5 Å². The molecule has 4 nitrogen and oxygen atoms in total. The molecule has 1 heterocycles. The van der Waals surface area contributed by atoms with Crippen LogP contribution in [-0.2, 0) is 11.2 Å². The SMILES string of the molecule is CCCc1ccc([C@H]2CCN(C(=O)OC(C)(C)C)C[C@H]2N)cc1. The van der Waals surface area contributed by atoms with Gasteiger partial charge in [-0.2, -0.15) is 0 Å². The molecule has 1 aromatic rings. The lowest BCUT2D eigenvalue weighted by molar-refractivity contribution is 0.0186. The highest BCUT2D eigenvalue weighted by Gasteiger charge is 2.32. The van der Waals surface area contributed by atoms with Crippen LogP contribution in [0.3, 0.4) is 0 Å². The molecule has 1 aliphatic heterocycles. The van der Waals surface area contributed by atoms with E-state index in [0.717, 1.165) is 19.3 Å². The number of ether oxygens (including phenoxy) is 1. The first-order valence-electron chi connectivity index (χ1n) is 8.62. The second-order valence-corrected chi connectivity index (χ2v) is 7.48. The fourth-order valence-electron chi connectivity index (χ4n) is 3.11. The largest absolute Gasteiger partial charge is 0.444 e. The summed E-state index contributed by atoms with van der Waals surface area (Å²) < 4.78 is 5.44. The summed E-state index contributed by atoms with van der Waals surface area (Å²) in [7, 11) is 0. The average Bonchev–Trinajstić information content (AvgIpc) is 2.47. The maximum absolute atomic E-state index is 12.2. The summed E-state index contributed by atoms with van der Waals surface area (Å²) in [5, 5.41) is 0. The molecule has 0 saturated carbocycles. The topological polar surface area (TPSA) is 55.6 Å². The van der Waals surface area contributed by atoms with Crippen molar-refractivity contribution in [2.24, 2.45) is 5.73 Å². The lowest BCUT2D eigenvalue weighted by Gasteiger charge is -2.37. The Morgan fingerprint density at radius 2 is 1.96 bits per heavy atom. The number of carbonyl (C=O) groups excluding carboxylic acids is 1. The lowest BCUT2D eigenvalue weighted by Crippen LogP contribution is -2.50. The van der Waals surface area contributed by atoms with Crippen LogP contribution in [-0.4, -0.2) is 35.7 Å². The summed E-state index contributed by atoms with van der Waals surface area (Å²) in [4.78, 5) is 13.9. The van der Waals surface area contributed by atoms with E-state index in [1.807, 2.05) is 20.8 Å². The van der Waals surface area contributed by atoms with Gasteiger partial charge in [0.15, 0.2) is 0 Å². The van der Waals surface area contributed by atoms with Gasteiger partial charge in [0.2, 0.25) is 0 Å². The van der Waals surface area contributed by atoms with Gasteiger partial charge < -0.3 is 15.4 Å². The van der Waals surface area contributed by atoms with E-state index >= 15 is 0 Å². The van der Waals surface area contributed by atoms with Crippen molar-refractivity contribution in [1.82, 2.24) is 4.90 Å². The minimum absolute atomic E-state index is 0.0479. The first-order chi connectivity index (χ1) is 10.8. The zero-order chi connectivity index (χ0) is 17.0. The van der Waals surface area contributed by atoms with Crippen molar-refractivity contribution in [3.8, 4) is 0 Å². The fourth-order valence-corrected chi connectivity index (χ4v) is 3.11. The second kappa shape index (κ2) is 7.35. The standard InChI is InChI=1S/C19H30N2O2/c1-5-6-14-7-9-15(10-8-14)16-11-12-21(13-17(16)20)18(22)23-19(2,3)4/h7-10,16-17H,5-6,11-13,20H2,1-4H3/t16-,17-/m1/s1. The van der Waals surface area contributed by atoms with Gasteiger partial charge in [0.1, 0.15) is 5.60 Å². The van der Waals surface area contributed by atoms with Crippen molar-refractivity contribution < 1.29 is 9.53 Å². The fraction of sp³-hybridized carbons (Fsp3) is 0.632. The van der Waals surface area contributed by atoms with Crippen molar-refractivity contribution >= 4 is 6.09 Å². The van der Waals surface area contributed by atoms with Crippen LogP contribution in [0.2, 0.25) is 0 Å². The van der Waals surface area contributed by atoms with Crippen molar-refractivity contribution in [3.63, 3.8) is 0 Å². The molecular weight excluding hydrogens is 288 g/mol. The number of benzene rings is 1. The molecule has 0 aliphatic carbocycles. The van der Waals surface area contributed by atoms with Gasteiger partial charge in [-0.3, -0.25) is 0 Å². The third kappa shape index (κ3) is 4.96. The number of aryl methyl sites for hydroxylation is 1. The number of amides is 1. The monoisotopic (exact) mass is 318 g/mol. The summed E-state index contributed by atoms with van der Waals surface area (Å²) in [5.41, 5.74) is 8.54. The van der Waals surface area contributed by atoms with E-state index in [0.29, 0.717) is 19.0 Å². The van der Waals surface area contributed by atoms with Crippen LogP contribution in [0.5, 0.6) is 0 Å². The molecule has 1 saturated heterocycles. The van der Waals surface area contributed by atoms with Gasteiger partial charge >= 0.3 is 6.09 Å². The molecule has 2 rings (SSSR count). The van der Waals surface area contributed by atoms with Crippen molar-refractivity contribution in [3.05, 3.63) is 35.4 Å². The van der Waals surface area contributed by atoms with Crippen LogP contribution >= 0.6 is 0 Å². The summed E-state index contributed by atoms with van der Waals surface area (Å²) in [6.07, 6.45) is 2.90. The van der Waals surface area contributed by atoms with E-state index in [1.54, 1.807) is 4.90 Å². The Labute approximate surface area is 140 Å². The van der Waals surface area contributed by atoms with Gasteiger partial charge in [-0.25, -0.2) is 4.79 Å². The van der Waals surface area contributed by atoms with Crippen molar-refractivity contribution in [1.29, 1.82) is 0 Å². The highest BCUT2D eigenvalue weighted by Crippen LogP contribution is 2.28. The number of hydrogen-bond donors (Lipinski definition) is 1. The molecule has 1 aliphatic rings. The van der Waals surface area contributed by atoms with Crippen molar-refractivity contribution in [2.45, 2.75) is 64.5 Å². The van der Waals surface area contributed by atoms with Crippen LogP contribution in [0.25, 0.3) is 0 Å². The first-order valence-corrected chi connectivity index (χ1v) is 8.62. The molecule has 2 N–H and O–H groups in total. The molecule has 0 spiro atoms. The highest BCUT2D eigenvalue weighted by molar-refractivity contribution is 5.68. The minimum Gasteiger partial charge on any atom is -0.444 e. The predicted octanol–water partition coefficient (Wildman–Crippen LogP) is 3.69. The Kier molecular flexibility index (Phi) is 5.69. The molecule has 1 fully saturated rings. The number of nitrogens with two attached hydrogens (primary N) is 1. The molecule has 128 valence electrons. The van der Waals surface area contributed by atoms with Gasteiger partial charge in [0, 0.05) is 25.0 Å². The number of rotatable bonds is 3. The van der Waals surface area contributed by atoms with E-state index < -0.39 is 5.60 Å². The van der Waals surface area contributed by atoms with Crippen LogP contribution in [0.1, 0.15) is 57.6 Å². The molecule has 2 atom stereocenters. The number of hydrogen-bond acceptors (Lipinski definition) is 3.